The minimum absolute atomic E-state index is 0.0296. The molecule has 1 aliphatic heterocycles. The fourth-order valence-electron chi connectivity index (χ4n) is 2.67. The summed E-state index contributed by atoms with van der Waals surface area (Å²) in [7, 11) is 0. The highest BCUT2D eigenvalue weighted by atomic mass is 19.1. The first-order valence-corrected chi connectivity index (χ1v) is 8.08. The van der Waals surface area contributed by atoms with E-state index >= 15 is 0 Å². The topological polar surface area (TPSA) is 75.7 Å². The van der Waals surface area contributed by atoms with Gasteiger partial charge in [-0.05, 0) is 50.2 Å². The van der Waals surface area contributed by atoms with Crippen molar-refractivity contribution in [3.8, 4) is 5.75 Å². The van der Waals surface area contributed by atoms with Crippen molar-refractivity contribution in [2.45, 2.75) is 20.0 Å². The number of nitrogens with zero attached hydrogens (tertiary/aromatic N) is 1. The second kappa shape index (κ2) is 6.95. The Morgan fingerprint density at radius 3 is 2.42 bits per heavy atom. The van der Waals surface area contributed by atoms with Crippen LogP contribution in [0.4, 0.5) is 10.1 Å². The molecule has 0 spiro atoms. The van der Waals surface area contributed by atoms with Gasteiger partial charge in [0, 0.05) is 5.69 Å². The average Bonchev–Trinajstić information content (AvgIpc) is 2.82. The standard InChI is InChI=1S/C19H17FN2O4/c1-11(2)26-13-8-6-12(7-9-13)21-16(23)10-22-18(24)14-4-3-5-15(20)17(14)19(22)25/h3-9,11H,10H2,1-2H3,(H,21,23). The largest absolute Gasteiger partial charge is 0.491 e. The molecule has 1 N–H and O–H groups in total. The zero-order valence-electron chi connectivity index (χ0n) is 14.3. The minimum atomic E-state index is -0.807. The Bertz CT molecular complexity index is 878. The van der Waals surface area contributed by atoms with Crippen LogP contribution in [0.15, 0.2) is 42.5 Å². The molecule has 0 unspecified atom stereocenters. The number of fused-ring (bicyclic) bond motifs is 1. The van der Waals surface area contributed by atoms with E-state index in [0.29, 0.717) is 11.4 Å². The number of nitrogens with one attached hydrogen (secondary N) is 1. The van der Waals surface area contributed by atoms with Crippen molar-refractivity contribution >= 4 is 23.4 Å². The fourth-order valence-corrected chi connectivity index (χ4v) is 2.67. The maximum atomic E-state index is 13.8. The van der Waals surface area contributed by atoms with Gasteiger partial charge in [-0.15, -0.1) is 0 Å². The highest BCUT2D eigenvalue weighted by Gasteiger charge is 2.38. The maximum absolute atomic E-state index is 13.8. The Labute approximate surface area is 149 Å². The highest BCUT2D eigenvalue weighted by molar-refractivity contribution is 6.22. The molecule has 0 saturated carbocycles. The molecule has 134 valence electrons. The molecule has 0 bridgehead atoms. The van der Waals surface area contributed by atoms with Gasteiger partial charge in [-0.3, -0.25) is 19.3 Å². The molecule has 26 heavy (non-hydrogen) atoms. The SMILES string of the molecule is CC(C)Oc1ccc(NC(=O)CN2C(=O)c3cccc(F)c3C2=O)cc1. The van der Waals surface area contributed by atoms with Gasteiger partial charge in [0.15, 0.2) is 0 Å². The van der Waals surface area contributed by atoms with Gasteiger partial charge in [-0.1, -0.05) is 6.07 Å². The van der Waals surface area contributed by atoms with E-state index < -0.39 is 30.1 Å². The Balaban J connectivity index is 1.67. The molecular formula is C19H17FN2O4. The highest BCUT2D eigenvalue weighted by Crippen LogP contribution is 2.25. The number of amides is 3. The second-order valence-corrected chi connectivity index (χ2v) is 6.10. The number of carbonyl (C=O) groups excluding carboxylic acids is 3. The van der Waals surface area contributed by atoms with Crippen molar-refractivity contribution in [3.63, 3.8) is 0 Å². The smallest absolute Gasteiger partial charge is 0.265 e. The zero-order chi connectivity index (χ0) is 18.8. The third-order valence-electron chi connectivity index (χ3n) is 3.76. The third-order valence-corrected chi connectivity index (χ3v) is 3.76. The molecule has 0 atom stereocenters. The molecule has 1 heterocycles. The summed E-state index contributed by atoms with van der Waals surface area (Å²) < 4.78 is 19.3. The second-order valence-electron chi connectivity index (χ2n) is 6.10. The van der Waals surface area contributed by atoms with Gasteiger partial charge in [-0.2, -0.15) is 0 Å². The zero-order valence-corrected chi connectivity index (χ0v) is 14.3. The number of rotatable bonds is 5. The summed E-state index contributed by atoms with van der Waals surface area (Å²) in [6.45, 7) is 3.32. The first-order chi connectivity index (χ1) is 12.4. The van der Waals surface area contributed by atoms with Gasteiger partial charge in [0.1, 0.15) is 18.1 Å². The number of hydrogen-bond acceptors (Lipinski definition) is 4. The Morgan fingerprint density at radius 2 is 1.81 bits per heavy atom. The lowest BCUT2D eigenvalue weighted by Crippen LogP contribution is -2.37. The molecule has 0 radical (unpaired) electrons. The van der Waals surface area contributed by atoms with Crippen LogP contribution in [0.3, 0.4) is 0 Å². The number of halogens is 1. The minimum Gasteiger partial charge on any atom is -0.491 e. The average molecular weight is 356 g/mol. The Morgan fingerprint density at radius 1 is 1.12 bits per heavy atom. The number of ether oxygens (including phenoxy) is 1. The predicted octanol–water partition coefficient (Wildman–Crippen LogP) is 2.85. The molecular weight excluding hydrogens is 339 g/mol. The lowest BCUT2D eigenvalue weighted by Gasteiger charge is -2.14. The van der Waals surface area contributed by atoms with Crippen LogP contribution in [0, 0.1) is 5.82 Å². The summed E-state index contributed by atoms with van der Waals surface area (Å²) in [6.07, 6.45) is 0.0321. The van der Waals surface area contributed by atoms with E-state index in [2.05, 4.69) is 5.32 Å². The van der Waals surface area contributed by atoms with E-state index in [-0.39, 0.29) is 17.2 Å². The van der Waals surface area contributed by atoms with Crippen molar-refractivity contribution in [2.24, 2.45) is 0 Å². The fraction of sp³-hybridized carbons (Fsp3) is 0.211. The van der Waals surface area contributed by atoms with Crippen molar-refractivity contribution in [2.75, 3.05) is 11.9 Å². The van der Waals surface area contributed by atoms with Crippen LogP contribution < -0.4 is 10.1 Å². The first-order valence-electron chi connectivity index (χ1n) is 8.08. The van der Waals surface area contributed by atoms with Crippen molar-refractivity contribution in [1.82, 2.24) is 4.90 Å². The van der Waals surface area contributed by atoms with Gasteiger partial charge >= 0.3 is 0 Å². The van der Waals surface area contributed by atoms with Crippen LogP contribution in [-0.4, -0.2) is 35.3 Å². The van der Waals surface area contributed by atoms with Crippen LogP contribution in [0.5, 0.6) is 5.75 Å². The van der Waals surface area contributed by atoms with E-state index in [1.165, 1.54) is 12.1 Å². The molecule has 2 aromatic rings. The van der Waals surface area contributed by atoms with Crippen LogP contribution in [0.2, 0.25) is 0 Å². The van der Waals surface area contributed by atoms with Gasteiger partial charge in [-0.25, -0.2) is 4.39 Å². The van der Waals surface area contributed by atoms with E-state index in [1.54, 1.807) is 24.3 Å². The maximum Gasteiger partial charge on any atom is 0.265 e. The number of carbonyl (C=O) groups is 3. The van der Waals surface area contributed by atoms with Gasteiger partial charge < -0.3 is 10.1 Å². The van der Waals surface area contributed by atoms with Crippen molar-refractivity contribution in [1.29, 1.82) is 0 Å². The number of hydrogen-bond donors (Lipinski definition) is 1. The summed E-state index contributed by atoms with van der Waals surface area (Å²) in [5.41, 5.74) is 0.173. The van der Waals surface area contributed by atoms with E-state index in [9.17, 15) is 18.8 Å². The molecule has 0 saturated heterocycles. The van der Waals surface area contributed by atoms with Gasteiger partial charge in [0.05, 0.1) is 17.2 Å². The summed E-state index contributed by atoms with van der Waals surface area (Å²) in [6, 6.07) is 10.5. The van der Waals surface area contributed by atoms with Crippen molar-refractivity contribution in [3.05, 3.63) is 59.4 Å². The molecule has 6 nitrogen and oxygen atoms in total. The summed E-state index contributed by atoms with van der Waals surface area (Å²) in [4.78, 5) is 37.4. The number of anilines is 1. The Kier molecular flexibility index (Phi) is 4.71. The van der Waals surface area contributed by atoms with Crippen LogP contribution >= 0.6 is 0 Å². The van der Waals surface area contributed by atoms with E-state index in [1.807, 2.05) is 13.8 Å². The molecule has 2 aromatic carbocycles. The monoisotopic (exact) mass is 356 g/mol. The lowest BCUT2D eigenvalue weighted by atomic mass is 10.1. The van der Waals surface area contributed by atoms with Gasteiger partial charge in [0.25, 0.3) is 11.8 Å². The number of imide groups is 1. The predicted molar refractivity (Wildman–Crippen MR) is 92.6 cm³/mol. The van der Waals surface area contributed by atoms with Crippen LogP contribution in [0.25, 0.3) is 0 Å². The Hall–Kier alpha value is -3.22. The molecule has 0 fully saturated rings. The summed E-state index contributed by atoms with van der Waals surface area (Å²) in [5, 5.41) is 2.60. The van der Waals surface area contributed by atoms with E-state index in [0.717, 1.165) is 11.0 Å². The molecule has 0 aliphatic carbocycles. The van der Waals surface area contributed by atoms with E-state index in [4.69, 9.17) is 4.74 Å². The first kappa shape index (κ1) is 17.6. The van der Waals surface area contributed by atoms with Gasteiger partial charge in [0.2, 0.25) is 5.91 Å². The van der Waals surface area contributed by atoms with Crippen molar-refractivity contribution < 1.29 is 23.5 Å². The lowest BCUT2D eigenvalue weighted by molar-refractivity contribution is -0.116. The molecule has 3 amide bonds. The quantitative estimate of drug-likeness (QED) is 0.836. The summed E-state index contributed by atoms with van der Waals surface area (Å²) >= 11 is 0. The normalized spacial score (nSPS) is 13.2. The molecule has 3 rings (SSSR count). The third kappa shape index (κ3) is 3.42. The van der Waals surface area contributed by atoms with Crippen LogP contribution in [-0.2, 0) is 4.79 Å². The van der Waals surface area contributed by atoms with Crippen LogP contribution in [0.1, 0.15) is 34.6 Å². The molecule has 1 aliphatic rings. The number of benzene rings is 2. The summed E-state index contributed by atoms with van der Waals surface area (Å²) in [5.74, 6) is -2.16. The molecule has 0 aromatic heterocycles. The molecule has 7 heteroatoms.